The molecule has 1 aliphatic heterocycles. The molecule has 0 spiro atoms. The Morgan fingerprint density at radius 1 is 0.826 bits per heavy atom. The first-order chi connectivity index (χ1) is 10.8. The third kappa shape index (κ3) is 3.88. The van der Waals surface area contributed by atoms with E-state index in [0.717, 1.165) is 42.9 Å². The summed E-state index contributed by atoms with van der Waals surface area (Å²) in [5.41, 5.74) is 2.10. The molecule has 23 heavy (non-hydrogen) atoms. The highest BCUT2D eigenvalue weighted by atomic mass is 35.5. The lowest BCUT2D eigenvalue weighted by Crippen LogP contribution is -2.42. The van der Waals surface area contributed by atoms with Crippen LogP contribution in [0.25, 0.3) is 0 Å². The Morgan fingerprint density at radius 3 is 1.96 bits per heavy atom. The zero-order valence-electron chi connectivity index (χ0n) is 13.0. The van der Waals surface area contributed by atoms with Gasteiger partial charge in [0.05, 0.1) is 0 Å². The van der Waals surface area contributed by atoms with Gasteiger partial charge >= 0.3 is 0 Å². The van der Waals surface area contributed by atoms with Crippen LogP contribution in [0.15, 0.2) is 65.7 Å². The fraction of sp³-hybridized carbons (Fsp3) is 0.316. The van der Waals surface area contributed by atoms with Crippen molar-refractivity contribution in [2.75, 3.05) is 13.1 Å². The highest BCUT2D eigenvalue weighted by Gasteiger charge is 2.37. The molecule has 0 saturated carbocycles. The van der Waals surface area contributed by atoms with Crippen molar-refractivity contribution in [3.8, 4) is 0 Å². The van der Waals surface area contributed by atoms with Crippen molar-refractivity contribution in [2.45, 2.75) is 24.1 Å². The first kappa shape index (κ1) is 17.8. The summed E-state index contributed by atoms with van der Waals surface area (Å²) < 4.78 is 0. The van der Waals surface area contributed by atoms with Crippen molar-refractivity contribution in [1.29, 1.82) is 0 Å². The SMILES string of the molecule is Cl.ClC(C1=NCCCCCN1)(c1ccccc1)c1ccccc1. The van der Waals surface area contributed by atoms with Gasteiger partial charge in [-0.1, -0.05) is 60.7 Å². The van der Waals surface area contributed by atoms with Crippen LogP contribution in [0, 0.1) is 0 Å². The molecule has 2 aromatic carbocycles. The Morgan fingerprint density at radius 2 is 1.39 bits per heavy atom. The van der Waals surface area contributed by atoms with Crippen LogP contribution >= 0.6 is 24.0 Å². The molecule has 0 atom stereocenters. The Bertz CT molecular complexity index is 587. The van der Waals surface area contributed by atoms with E-state index in [4.69, 9.17) is 16.6 Å². The third-order valence-corrected chi connectivity index (χ3v) is 4.68. The quantitative estimate of drug-likeness (QED) is 0.794. The maximum atomic E-state index is 7.20. The van der Waals surface area contributed by atoms with E-state index in [1.165, 1.54) is 6.42 Å². The summed E-state index contributed by atoms with van der Waals surface area (Å²) in [6.07, 6.45) is 3.51. The summed E-state index contributed by atoms with van der Waals surface area (Å²) in [6, 6.07) is 20.4. The molecule has 1 heterocycles. The third-order valence-electron chi connectivity index (χ3n) is 4.07. The predicted molar refractivity (Wildman–Crippen MR) is 101 cm³/mol. The molecule has 1 N–H and O–H groups in total. The number of hydrogen-bond acceptors (Lipinski definition) is 2. The zero-order valence-corrected chi connectivity index (χ0v) is 14.6. The van der Waals surface area contributed by atoms with Crippen LogP contribution in [0.5, 0.6) is 0 Å². The lowest BCUT2D eigenvalue weighted by atomic mass is 9.88. The summed E-state index contributed by atoms with van der Waals surface area (Å²) in [6.45, 7) is 1.75. The molecule has 1 aliphatic rings. The van der Waals surface area contributed by atoms with E-state index >= 15 is 0 Å². The van der Waals surface area contributed by atoms with Gasteiger partial charge in [-0.05, 0) is 30.4 Å². The second-order valence-corrected chi connectivity index (χ2v) is 6.18. The summed E-state index contributed by atoms with van der Waals surface area (Å²) in [7, 11) is 0. The molecule has 4 heteroatoms. The number of aliphatic imine (C=N–C) groups is 1. The molecule has 122 valence electrons. The Hall–Kier alpha value is -1.51. The fourth-order valence-electron chi connectivity index (χ4n) is 2.87. The Labute approximate surface area is 149 Å². The summed E-state index contributed by atoms with van der Waals surface area (Å²) >= 11 is 7.20. The van der Waals surface area contributed by atoms with Crippen molar-refractivity contribution in [3.63, 3.8) is 0 Å². The normalized spacial score (nSPS) is 15.4. The van der Waals surface area contributed by atoms with E-state index in [0.29, 0.717) is 0 Å². The van der Waals surface area contributed by atoms with E-state index in [9.17, 15) is 0 Å². The summed E-state index contributed by atoms with van der Waals surface area (Å²) in [5.74, 6) is 0.867. The minimum absolute atomic E-state index is 0. The summed E-state index contributed by atoms with van der Waals surface area (Å²) in [5, 5.41) is 3.48. The van der Waals surface area contributed by atoms with Crippen LogP contribution < -0.4 is 5.32 Å². The van der Waals surface area contributed by atoms with Gasteiger partial charge in [0.15, 0.2) is 4.87 Å². The van der Waals surface area contributed by atoms with E-state index in [1.807, 2.05) is 36.4 Å². The molecule has 0 saturated heterocycles. The highest BCUT2D eigenvalue weighted by Crippen LogP contribution is 2.37. The van der Waals surface area contributed by atoms with Crippen LogP contribution in [-0.2, 0) is 4.87 Å². The number of benzene rings is 2. The van der Waals surface area contributed by atoms with Crippen LogP contribution in [0.1, 0.15) is 30.4 Å². The van der Waals surface area contributed by atoms with Crippen LogP contribution in [0.4, 0.5) is 0 Å². The topological polar surface area (TPSA) is 24.4 Å². The summed E-state index contributed by atoms with van der Waals surface area (Å²) in [4.78, 5) is 4.03. The predicted octanol–water partition coefficient (Wildman–Crippen LogP) is 4.76. The number of amidine groups is 1. The Balaban J connectivity index is 0.00000192. The van der Waals surface area contributed by atoms with Gasteiger partial charge in [0.25, 0.3) is 0 Å². The number of rotatable bonds is 3. The van der Waals surface area contributed by atoms with Crippen molar-refractivity contribution in [1.82, 2.24) is 5.32 Å². The first-order valence-corrected chi connectivity index (χ1v) is 8.28. The molecular weight excluding hydrogens is 327 g/mol. The second-order valence-electron chi connectivity index (χ2n) is 5.61. The average Bonchev–Trinajstić information content (AvgIpc) is 2.55. The van der Waals surface area contributed by atoms with Gasteiger partial charge in [-0.25, -0.2) is 0 Å². The lowest BCUT2D eigenvalue weighted by molar-refractivity contribution is 0.639. The van der Waals surface area contributed by atoms with Gasteiger partial charge < -0.3 is 5.32 Å². The molecule has 0 amide bonds. The fourth-order valence-corrected chi connectivity index (χ4v) is 3.25. The monoisotopic (exact) mass is 348 g/mol. The highest BCUT2D eigenvalue weighted by molar-refractivity contribution is 6.38. The molecule has 0 bridgehead atoms. The largest absolute Gasteiger partial charge is 0.372 e. The Kier molecular flexibility index (Phi) is 6.49. The number of nitrogens with one attached hydrogen (secondary N) is 1. The van der Waals surface area contributed by atoms with E-state index < -0.39 is 4.87 Å². The second kappa shape index (κ2) is 8.37. The van der Waals surface area contributed by atoms with Crippen molar-refractivity contribution < 1.29 is 0 Å². The van der Waals surface area contributed by atoms with Crippen molar-refractivity contribution in [3.05, 3.63) is 71.8 Å². The number of alkyl halides is 1. The van der Waals surface area contributed by atoms with Crippen LogP contribution in [0.3, 0.4) is 0 Å². The van der Waals surface area contributed by atoms with Crippen molar-refractivity contribution >= 4 is 29.8 Å². The van der Waals surface area contributed by atoms with Gasteiger partial charge in [0.1, 0.15) is 5.84 Å². The van der Waals surface area contributed by atoms with Gasteiger partial charge in [0, 0.05) is 13.1 Å². The van der Waals surface area contributed by atoms with Crippen LogP contribution in [-0.4, -0.2) is 18.9 Å². The van der Waals surface area contributed by atoms with Crippen molar-refractivity contribution in [2.24, 2.45) is 4.99 Å². The maximum absolute atomic E-state index is 7.20. The minimum atomic E-state index is -0.750. The molecule has 0 unspecified atom stereocenters. The molecule has 0 fully saturated rings. The van der Waals surface area contributed by atoms with Crippen LogP contribution in [0.2, 0.25) is 0 Å². The molecule has 2 nitrogen and oxygen atoms in total. The molecule has 3 rings (SSSR count). The van der Waals surface area contributed by atoms with Gasteiger partial charge in [-0.3, -0.25) is 4.99 Å². The minimum Gasteiger partial charge on any atom is -0.372 e. The molecule has 2 aromatic rings. The molecular formula is C19H22Cl2N2. The molecule has 0 radical (unpaired) electrons. The van der Waals surface area contributed by atoms with Gasteiger partial charge in [0.2, 0.25) is 0 Å². The smallest absolute Gasteiger partial charge is 0.151 e. The van der Waals surface area contributed by atoms with E-state index in [-0.39, 0.29) is 12.4 Å². The van der Waals surface area contributed by atoms with Gasteiger partial charge in [-0.2, -0.15) is 0 Å². The average molecular weight is 349 g/mol. The first-order valence-electron chi connectivity index (χ1n) is 7.90. The molecule has 0 aliphatic carbocycles. The number of halogens is 2. The molecule has 0 aromatic heterocycles. The maximum Gasteiger partial charge on any atom is 0.151 e. The lowest BCUT2D eigenvalue weighted by Gasteiger charge is -2.31. The number of hydrogen-bond donors (Lipinski definition) is 1. The van der Waals surface area contributed by atoms with E-state index in [1.54, 1.807) is 0 Å². The standard InChI is InChI=1S/C19H21ClN2.ClH/c20-19(16-10-4-1-5-11-16,17-12-6-2-7-13-17)18-21-14-8-3-9-15-22-18;/h1-2,4-7,10-13H,3,8-9,14-15H2,(H,21,22);1H. The zero-order chi connectivity index (χ0) is 15.3. The van der Waals surface area contributed by atoms with Gasteiger partial charge in [-0.15, -0.1) is 24.0 Å². The van der Waals surface area contributed by atoms with E-state index in [2.05, 4.69) is 29.6 Å². The number of nitrogens with zero attached hydrogens (tertiary/aromatic N) is 1.